The highest BCUT2D eigenvalue weighted by molar-refractivity contribution is 7.89. The standard InChI is InChI=1S/C9H9F2N5O2S/c10-6-1-5(12)2-7(11)9(6)19(17,18)15-3-8-13-4-14-16-8/h1-2,4,15H,3,12H2,(H,13,14,16). The lowest BCUT2D eigenvalue weighted by Crippen LogP contribution is -2.26. The first kappa shape index (κ1) is 13.4. The highest BCUT2D eigenvalue weighted by Crippen LogP contribution is 2.21. The van der Waals surface area contributed by atoms with E-state index in [1.807, 2.05) is 4.72 Å². The molecule has 102 valence electrons. The molecule has 0 aliphatic rings. The minimum absolute atomic E-state index is 0.204. The summed E-state index contributed by atoms with van der Waals surface area (Å²) in [6.45, 7) is -0.272. The normalized spacial score (nSPS) is 11.7. The van der Waals surface area contributed by atoms with Crippen LogP contribution in [0.5, 0.6) is 0 Å². The van der Waals surface area contributed by atoms with Gasteiger partial charge < -0.3 is 5.73 Å². The number of rotatable bonds is 4. The Kier molecular flexibility index (Phi) is 3.44. The van der Waals surface area contributed by atoms with Gasteiger partial charge in [-0.3, -0.25) is 5.10 Å². The van der Waals surface area contributed by atoms with Crippen LogP contribution >= 0.6 is 0 Å². The van der Waals surface area contributed by atoms with Gasteiger partial charge in [0, 0.05) is 5.69 Å². The van der Waals surface area contributed by atoms with Gasteiger partial charge in [0.2, 0.25) is 10.0 Å². The third-order valence-corrected chi connectivity index (χ3v) is 3.64. The van der Waals surface area contributed by atoms with Crippen molar-refractivity contribution in [2.75, 3.05) is 5.73 Å². The lowest BCUT2D eigenvalue weighted by Gasteiger charge is -2.08. The van der Waals surface area contributed by atoms with Gasteiger partial charge >= 0.3 is 0 Å². The van der Waals surface area contributed by atoms with E-state index < -0.39 is 26.6 Å². The number of anilines is 1. The van der Waals surface area contributed by atoms with Crippen molar-refractivity contribution in [2.24, 2.45) is 0 Å². The summed E-state index contributed by atoms with van der Waals surface area (Å²) in [5, 5.41) is 5.91. The summed E-state index contributed by atoms with van der Waals surface area (Å²) >= 11 is 0. The maximum absolute atomic E-state index is 13.5. The number of nitrogen functional groups attached to an aromatic ring is 1. The number of H-pyrrole nitrogens is 1. The summed E-state index contributed by atoms with van der Waals surface area (Å²) in [6, 6.07) is 1.46. The summed E-state index contributed by atoms with van der Waals surface area (Å²) in [5.41, 5.74) is 5.00. The Morgan fingerprint density at radius 3 is 2.47 bits per heavy atom. The smallest absolute Gasteiger partial charge is 0.246 e. The quantitative estimate of drug-likeness (QED) is 0.693. The van der Waals surface area contributed by atoms with E-state index in [9.17, 15) is 17.2 Å². The zero-order valence-corrected chi connectivity index (χ0v) is 10.2. The van der Waals surface area contributed by atoms with Gasteiger partial charge in [0.05, 0.1) is 6.54 Å². The molecule has 1 heterocycles. The molecule has 1 aromatic heterocycles. The fraction of sp³-hybridized carbons (Fsp3) is 0.111. The number of benzene rings is 1. The molecule has 0 bridgehead atoms. The van der Waals surface area contributed by atoms with Gasteiger partial charge in [0.25, 0.3) is 0 Å². The number of nitrogens with zero attached hydrogens (tertiary/aromatic N) is 2. The Morgan fingerprint density at radius 2 is 1.95 bits per heavy atom. The summed E-state index contributed by atoms with van der Waals surface area (Å²) in [7, 11) is -4.36. The van der Waals surface area contributed by atoms with Crippen molar-refractivity contribution in [3.05, 3.63) is 35.9 Å². The summed E-state index contributed by atoms with van der Waals surface area (Å²) < 4.78 is 52.6. The van der Waals surface area contributed by atoms with E-state index in [1.54, 1.807) is 0 Å². The van der Waals surface area contributed by atoms with Gasteiger partial charge in [-0.1, -0.05) is 0 Å². The molecule has 0 saturated carbocycles. The molecular formula is C9H9F2N5O2S. The number of aromatic nitrogens is 3. The second kappa shape index (κ2) is 4.90. The number of hydrogen-bond acceptors (Lipinski definition) is 5. The van der Waals surface area contributed by atoms with Crippen LogP contribution in [0.4, 0.5) is 14.5 Å². The minimum Gasteiger partial charge on any atom is -0.399 e. The first-order valence-electron chi connectivity index (χ1n) is 4.98. The number of hydrogen-bond donors (Lipinski definition) is 3. The molecule has 0 unspecified atom stereocenters. The lowest BCUT2D eigenvalue weighted by atomic mass is 10.3. The lowest BCUT2D eigenvalue weighted by molar-refractivity contribution is 0.514. The summed E-state index contributed by atoms with van der Waals surface area (Å²) in [6.07, 6.45) is 1.17. The fourth-order valence-corrected chi connectivity index (χ4v) is 2.49. The Bertz CT molecular complexity index is 664. The Labute approximate surface area is 106 Å². The number of halogens is 2. The Hall–Kier alpha value is -2.07. The molecule has 2 rings (SSSR count). The van der Waals surface area contributed by atoms with Crippen LogP contribution in [0.3, 0.4) is 0 Å². The van der Waals surface area contributed by atoms with Crippen LogP contribution in [-0.2, 0) is 16.6 Å². The van der Waals surface area contributed by atoms with Crippen LogP contribution in [-0.4, -0.2) is 23.6 Å². The zero-order chi connectivity index (χ0) is 14.0. The highest BCUT2D eigenvalue weighted by atomic mass is 32.2. The van der Waals surface area contributed by atoms with Crippen molar-refractivity contribution in [2.45, 2.75) is 11.4 Å². The summed E-state index contributed by atoms with van der Waals surface area (Å²) in [5.74, 6) is -2.31. The molecule has 0 aliphatic carbocycles. The van der Waals surface area contributed by atoms with Crippen molar-refractivity contribution in [1.29, 1.82) is 0 Å². The molecule has 19 heavy (non-hydrogen) atoms. The molecule has 0 fully saturated rings. The van der Waals surface area contributed by atoms with Gasteiger partial charge in [0.1, 0.15) is 23.8 Å². The highest BCUT2D eigenvalue weighted by Gasteiger charge is 2.24. The van der Waals surface area contributed by atoms with E-state index in [2.05, 4.69) is 15.2 Å². The maximum Gasteiger partial charge on any atom is 0.246 e. The largest absolute Gasteiger partial charge is 0.399 e. The van der Waals surface area contributed by atoms with Crippen LogP contribution < -0.4 is 10.5 Å². The molecule has 0 aliphatic heterocycles. The third-order valence-electron chi connectivity index (χ3n) is 2.18. The van der Waals surface area contributed by atoms with Crippen molar-refractivity contribution >= 4 is 15.7 Å². The Morgan fingerprint density at radius 1 is 1.32 bits per heavy atom. The predicted molar refractivity (Wildman–Crippen MR) is 61.2 cm³/mol. The van der Waals surface area contributed by atoms with E-state index in [4.69, 9.17) is 5.73 Å². The molecular weight excluding hydrogens is 280 g/mol. The van der Waals surface area contributed by atoms with Crippen LogP contribution in [0.2, 0.25) is 0 Å². The molecule has 0 amide bonds. The van der Waals surface area contributed by atoms with Crippen molar-refractivity contribution in [1.82, 2.24) is 19.9 Å². The van der Waals surface area contributed by atoms with Gasteiger partial charge in [-0.25, -0.2) is 26.9 Å². The van der Waals surface area contributed by atoms with Gasteiger partial charge in [0.15, 0.2) is 4.90 Å². The SMILES string of the molecule is Nc1cc(F)c(S(=O)(=O)NCc2ncn[nH]2)c(F)c1. The second-order valence-corrected chi connectivity index (χ2v) is 5.27. The summed E-state index contributed by atoms with van der Waals surface area (Å²) in [4.78, 5) is 2.59. The molecule has 10 heteroatoms. The zero-order valence-electron chi connectivity index (χ0n) is 9.39. The molecule has 0 saturated heterocycles. The Balaban J connectivity index is 2.29. The van der Waals surface area contributed by atoms with Crippen molar-refractivity contribution < 1.29 is 17.2 Å². The molecule has 1 aromatic carbocycles. The first-order valence-corrected chi connectivity index (χ1v) is 6.47. The second-order valence-electron chi connectivity index (χ2n) is 3.57. The molecule has 4 N–H and O–H groups in total. The molecule has 2 aromatic rings. The van der Waals surface area contributed by atoms with E-state index in [0.29, 0.717) is 0 Å². The van der Waals surface area contributed by atoms with Crippen LogP contribution in [0.25, 0.3) is 0 Å². The monoisotopic (exact) mass is 289 g/mol. The number of nitrogens with two attached hydrogens (primary N) is 1. The molecule has 0 atom stereocenters. The van der Waals surface area contributed by atoms with E-state index in [0.717, 1.165) is 12.1 Å². The minimum atomic E-state index is -4.36. The average molecular weight is 289 g/mol. The maximum atomic E-state index is 13.5. The number of sulfonamides is 1. The van der Waals surface area contributed by atoms with E-state index >= 15 is 0 Å². The number of aromatic amines is 1. The predicted octanol–water partition coefficient (Wildman–Crippen LogP) is 0.144. The van der Waals surface area contributed by atoms with Gasteiger partial charge in [-0.15, -0.1) is 0 Å². The average Bonchev–Trinajstić information content (AvgIpc) is 2.77. The first-order chi connectivity index (χ1) is 8.90. The van der Waals surface area contributed by atoms with E-state index in [1.165, 1.54) is 6.33 Å². The fourth-order valence-electron chi connectivity index (χ4n) is 1.39. The van der Waals surface area contributed by atoms with Crippen LogP contribution in [0, 0.1) is 11.6 Å². The topological polar surface area (TPSA) is 114 Å². The third kappa shape index (κ3) is 2.85. The number of nitrogens with one attached hydrogen (secondary N) is 2. The molecule has 0 radical (unpaired) electrons. The van der Waals surface area contributed by atoms with Crippen LogP contribution in [0.1, 0.15) is 5.82 Å². The van der Waals surface area contributed by atoms with Crippen molar-refractivity contribution in [3.8, 4) is 0 Å². The van der Waals surface area contributed by atoms with E-state index in [-0.39, 0.29) is 18.1 Å². The van der Waals surface area contributed by atoms with Gasteiger partial charge in [-0.05, 0) is 12.1 Å². The molecule has 7 nitrogen and oxygen atoms in total. The van der Waals surface area contributed by atoms with Gasteiger partial charge in [-0.2, -0.15) is 5.10 Å². The molecule has 0 spiro atoms. The van der Waals surface area contributed by atoms with Crippen molar-refractivity contribution in [3.63, 3.8) is 0 Å². The van der Waals surface area contributed by atoms with Crippen LogP contribution in [0.15, 0.2) is 23.4 Å².